The fraction of sp³-hybridized carbons (Fsp3) is 0.200. The lowest BCUT2D eigenvalue weighted by atomic mass is 10.1. The number of aryl methyl sites for hydroxylation is 1. The number of esters is 1. The van der Waals surface area contributed by atoms with Crippen LogP contribution in [0.4, 0.5) is 5.69 Å². The number of rotatable bonds is 6. The summed E-state index contributed by atoms with van der Waals surface area (Å²) in [6.45, 7) is 2.36. The minimum Gasteiger partial charge on any atom is -0.465 e. The lowest BCUT2D eigenvalue weighted by Gasteiger charge is -2.10. The van der Waals surface area contributed by atoms with Crippen molar-refractivity contribution in [3.05, 3.63) is 63.4 Å². The molecule has 0 aliphatic heterocycles. The van der Waals surface area contributed by atoms with Crippen LogP contribution in [0.3, 0.4) is 0 Å². The van der Waals surface area contributed by atoms with Crippen molar-refractivity contribution in [1.82, 2.24) is 14.8 Å². The Morgan fingerprint density at radius 1 is 1.24 bits per heavy atom. The molecule has 1 amide bonds. The van der Waals surface area contributed by atoms with Crippen molar-refractivity contribution in [3.8, 4) is 11.4 Å². The molecule has 7 nitrogen and oxygen atoms in total. The summed E-state index contributed by atoms with van der Waals surface area (Å²) < 4.78 is 6.90. The van der Waals surface area contributed by atoms with Crippen LogP contribution in [0.25, 0.3) is 11.4 Å². The van der Waals surface area contributed by atoms with E-state index in [4.69, 9.17) is 23.8 Å². The molecule has 0 saturated heterocycles. The Hall–Kier alpha value is -2.97. The molecule has 3 aromatic rings. The van der Waals surface area contributed by atoms with Crippen LogP contribution < -0.4 is 5.32 Å². The van der Waals surface area contributed by atoms with Crippen molar-refractivity contribution in [2.24, 2.45) is 0 Å². The average Bonchev–Trinajstić information content (AvgIpc) is 3.08. The Bertz CT molecular complexity index is 1110. The highest BCUT2D eigenvalue weighted by atomic mass is 35.5. The fourth-order valence-electron chi connectivity index (χ4n) is 2.75. The number of H-pyrrole nitrogens is 1. The number of benzene rings is 2. The average molecular weight is 431 g/mol. The van der Waals surface area contributed by atoms with Crippen molar-refractivity contribution in [1.29, 1.82) is 0 Å². The van der Waals surface area contributed by atoms with Crippen LogP contribution in [0, 0.1) is 11.7 Å². The van der Waals surface area contributed by atoms with Crippen LogP contribution in [-0.2, 0) is 16.1 Å². The molecular formula is C20H19ClN4O3S. The van der Waals surface area contributed by atoms with E-state index in [0.29, 0.717) is 22.8 Å². The van der Waals surface area contributed by atoms with Gasteiger partial charge in [-0.3, -0.25) is 14.5 Å². The van der Waals surface area contributed by atoms with Crippen molar-refractivity contribution in [2.45, 2.75) is 19.9 Å². The molecule has 0 bridgehead atoms. The van der Waals surface area contributed by atoms with E-state index in [1.54, 1.807) is 10.6 Å². The van der Waals surface area contributed by atoms with Crippen LogP contribution in [0.15, 0.2) is 42.5 Å². The Labute approximate surface area is 177 Å². The Kier molecular flexibility index (Phi) is 6.46. The summed E-state index contributed by atoms with van der Waals surface area (Å²) in [7, 11) is 1.27. The summed E-state index contributed by atoms with van der Waals surface area (Å²) in [4.78, 5) is 24.1. The molecule has 0 aliphatic carbocycles. The second-order valence-corrected chi connectivity index (χ2v) is 7.15. The molecule has 3 rings (SSSR count). The van der Waals surface area contributed by atoms with E-state index in [1.165, 1.54) is 19.2 Å². The molecule has 29 heavy (non-hydrogen) atoms. The van der Waals surface area contributed by atoms with E-state index in [9.17, 15) is 9.59 Å². The van der Waals surface area contributed by atoms with Crippen LogP contribution in [-0.4, -0.2) is 33.8 Å². The Morgan fingerprint density at radius 2 is 1.97 bits per heavy atom. The van der Waals surface area contributed by atoms with E-state index in [1.807, 2.05) is 31.2 Å². The zero-order valence-corrected chi connectivity index (χ0v) is 17.4. The van der Waals surface area contributed by atoms with Gasteiger partial charge in [0.15, 0.2) is 10.6 Å². The SMILES string of the molecule is COC(=O)c1cc(NC(=O)CCn2c(-c3ccc(C)cc3)n[nH]c2=S)ccc1Cl. The number of halogens is 1. The minimum absolute atomic E-state index is 0.170. The molecule has 0 fully saturated rings. The van der Waals surface area contributed by atoms with E-state index in [2.05, 4.69) is 20.3 Å². The number of aromatic nitrogens is 3. The first-order valence-corrected chi connectivity index (χ1v) is 9.57. The zero-order chi connectivity index (χ0) is 21.0. The third-order valence-electron chi connectivity index (χ3n) is 4.29. The van der Waals surface area contributed by atoms with Gasteiger partial charge in [-0.2, -0.15) is 5.10 Å². The lowest BCUT2D eigenvalue weighted by Crippen LogP contribution is -2.15. The van der Waals surface area contributed by atoms with Crippen LogP contribution >= 0.6 is 23.8 Å². The molecule has 0 radical (unpaired) electrons. The highest BCUT2D eigenvalue weighted by Crippen LogP contribution is 2.22. The molecule has 0 saturated carbocycles. The summed E-state index contributed by atoms with van der Waals surface area (Å²) in [5, 5.41) is 10.1. The third kappa shape index (κ3) is 4.90. The van der Waals surface area contributed by atoms with E-state index in [0.717, 1.165) is 11.1 Å². The van der Waals surface area contributed by atoms with Gasteiger partial charge in [-0.1, -0.05) is 41.4 Å². The minimum atomic E-state index is -0.571. The zero-order valence-electron chi connectivity index (χ0n) is 15.9. The van der Waals surface area contributed by atoms with Crippen LogP contribution in [0.1, 0.15) is 22.3 Å². The number of ether oxygens (including phenoxy) is 1. The quantitative estimate of drug-likeness (QED) is 0.447. The van der Waals surface area contributed by atoms with Crippen molar-refractivity contribution in [2.75, 3.05) is 12.4 Å². The third-order valence-corrected chi connectivity index (χ3v) is 4.93. The summed E-state index contributed by atoms with van der Waals surface area (Å²) in [6.07, 6.45) is 0.170. The molecule has 2 aromatic carbocycles. The second-order valence-electron chi connectivity index (χ2n) is 6.35. The summed E-state index contributed by atoms with van der Waals surface area (Å²) in [5.41, 5.74) is 2.69. The molecule has 2 N–H and O–H groups in total. The molecule has 150 valence electrons. The topological polar surface area (TPSA) is 89.0 Å². The molecule has 1 heterocycles. The number of nitrogens with one attached hydrogen (secondary N) is 2. The number of hydrogen-bond donors (Lipinski definition) is 2. The van der Waals surface area contributed by atoms with Gasteiger partial charge >= 0.3 is 5.97 Å². The number of nitrogens with zero attached hydrogens (tertiary/aromatic N) is 2. The maximum atomic E-state index is 12.4. The first-order chi connectivity index (χ1) is 13.9. The van der Waals surface area contributed by atoms with E-state index in [-0.39, 0.29) is 22.9 Å². The van der Waals surface area contributed by atoms with Gasteiger partial charge in [0.25, 0.3) is 0 Å². The first-order valence-electron chi connectivity index (χ1n) is 8.79. The second kappa shape index (κ2) is 9.02. The number of hydrogen-bond acceptors (Lipinski definition) is 5. The standard InChI is InChI=1S/C20H19ClN4O3S/c1-12-3-5-13(6-4-12)18-23-24-20(29)25(18)10-9-17(26)22-14-7-8-16(21)15(11-14)19(27)28-2/h3-8,11H,9-10H2,1-2H3,(H,22,26)(H,24,29). The van der Waals surface area contributed by atoms with Gasteiger partial charge in [-0.05, 0) is 37.3 Å². The Balaban J connectivity index is 1.71. The van der Waals surface area contributed by atoms with Gasteiger partial charge in [-0.25, -0.2) is 4.79 Å². The van der Waals surface area contributed by atoms with Gasteiger partial charge in [0.1, 0.15) is 0 Å². The fourth-order valence-corrected chi connectivity index (χ4v) is 3.17. The number of carbonyl (C=O) groups excluding carboxylic acids is 2. The lowest BCUT2D eigenvalue weighted by molar-refractivity contribution is -0.116. The monoisotopic (exact) mass is 430 g/mol. The van der Waals surface area contributed by atoms with Crippen molar-refractivity contribution in [3.63, 3.8) is 0 Å². The van der Waals surface area contributed by atoms with Crippen LogP contribution in [0.5, 0.6) is 0 Å². The Morgan fingerprint density at radius 3 is 2.66 bits per heavy atom. The molecule has 0 unspecified atom stereocenters. The molecule has 0 atom stereocenters. The smallest absolute Gasteiger partial charge is 0.339 e. The normalized spacial score (nSPS) is 10.6. The number of methoxy groups -OCH3 is 1. The molecular weight excluding hydrogens is 412 g/mol. The highest BCUT2D eigenvalue weighted by molar-refractivity contribution is 7.71. The number of anilines is 1. The molecule has 9 heteroatoms. The van der Waals surface area contributed by atoms with Crippen molar-refractivity contribution >= 4 is 41.4 Å². The summed E-state index contributed by atoms with van der Waals surface area (Å²) in [5.74, 6) is -0.137. The largest absolute Gasteiger partial charge is 0.465 e. The maximum absolute atomic E-state index is 12.4. The number of aromatic amines is 1. The van der Waals surface area contributed by atoms with Gasteiger partial charge in [-0.15, -0.1) is 0 Å². The van der Waals surface area contributed by atoms with Crippen LogP contribution in [0.2, 0.25) is 5.02 Å². The van der Waals surface area contributed by atoms with Gasteiger partial charge < -0.3 is 10.1 Å². The molecule has 0 spiro atoms. The maximum Gasteiger partial charge on any atom is 0.339 e. The van der Waals surface area contributed by atoms with Gasteiger partial charge in [0, 0.05) is 24.2 Å². The predicted molar refractivity (Wildman–Crippen MR) is 114 cm³/mol. The molecule has 0 aliphatic rings. The highest BCUT2D eigenvalue weighted by Gasteiger charge is 2.14. The molecule has 1 aromatic heterocycles. The number of carbonyl (C=O) groups is 2. The predicted octanol–water partition coefficient (Wildman–Crippen LogP) is 4.38. The van der Waals surface area contributed by atoms with Crippen molar-refractivity contribution < 1.29 is 14.3 Å². The summed E-state index contributed by atoms with van der Waals surface area (Å²) >= 11 is 11.3. The van der Waals surface area contributed by atoms with E-state index >= 15 is 0 Å². The number of amides is 1. The van der Waals surface area contributed by atoms with E-state index < -0.39 is 5.97 Å². The van der Waals surface area contributed by atoms with Gasteiger partial charge in [0.05, 0.1) is 17.7 Å². The van der Waals surface area contributed by atoms with Gasteiger partial charge in [0.2, 0.25) is 5.91 Å². The first kappa shape index (κ1) is 20.8. The summed E-state index contributed by atoms with van der Waals surface area (Å²) in [6, 6.07) is 12.5.